The van der Waals surface area contributed by atoms with Crippen LogP contribution in [0.15, 0.2) is 24.3 Å². The number of benzene rings is 1. The minimum atomic E-state index is 0.686. The molecule has 2 saturated carbocycles. The first kappa shape index (κ1) is 10.6. The molecule has 1 aromatic rings. The highest BCUT2D eigenvalue weighted by Crippen LogP contribution is 2.49. The van der Waals surface area contributed by atoms with Crippen LogP contribution in [0.4, 0.5) is 0 Å². The number of halogens is 1. The Bertz CT molecular complexity index is 357. The van der Waals surface area contributed by atoms with Crippen LogP contribution in [0, 0.1) is 24.2 Å². The van der Waals surface area contributed by atoms with Crippen LogP contribution in [0.3, 0.4) is 0 Å². The van der Waals surface area contributed by atoms with Crippen LogP contribution in [-0.2, 0) is 0 Å². The molecule has 0 nitrogen and oxygen atoms in total. The van der Waals surface area contributed by atoms with Crippen molar-refractivity contribution in [3.8, 4) is 12.3 Å². The lowest BCUT2D eigenvalue weighted by Crippen LogP contribution is -2.34. The Balaban J connectivity index is 0.000000121. The zero-order chi connectivity index (χ0) is 10.7. The largest absolute Gasteiger partial charge is 0.115 e. The SMILES string of the molecule is C#Cc1cccc(Cl)c1.C1CC2CCC12. The van der Waals surface area contributed by atoms with E-state index < -0.39 is 0 Å². The predicted octanol–water partition coefficient (Wildman–Crippen LogP) is 4.13. The van der Waals surface area contributed by atoms with Crippen LogP contribution in [0.2, 0.25) is 5.02 Å². The van der Waals surface area contributed by atoms with Crippen LogP contribution in [0.25, 0.3) is 0 Å². The van der Waals surface area contributed by atoms with Crippen LogP contribution >= 0.6 is 11.6 Å². The highest BCUT2D eigenvalue weighted by Gasteiger charge is 2.37. The molecule has 0 radical (unpaired) electrons. The van der Waals surface area contributed by atoms with Crippen molar-refractivity contribution in [1.29, 1.82) is 0 Å². The van der Waals surface area contributed by atoms with Gasteiger partial charge < -0.3 is 0 Å². The number of fused-ring (bicyclic) bond motifs is 1. The summed E-state index contributed by atoms with van der Waals surface area (Å²) in [5.41, 5.74) is 0.822. The van der Waals surface area contributed by atoms with E-state index in [9.17, 15) is 0 Å². The maximum absolute atomic E-state index is 5.63. The Morgan fingerprint density at radius 1 is 1.13 bits per heavy atom. The lowest BCUT2D eigenvalue weighted by Gasteiger charge is -2.46. The number of rotatable bonds is 0. The topological polar surface area (TPSA) is 0 Å². The number of terminal acetylenes is 1. The first-order valence-electron chi connectivity index (χ1n) is 5.52. The monoisotopic (exact) mass is 218 g/mol. The lowest BCUT2D eigenvalue weighted by atomic mass is 9.60. The van der Waals surface area contributed by atoms with E-state index in [-0.39, 0.29) is 0 Å². The van der Waals surface area contributed by atoms with E-state index >= 15 is 0 Å². The standard InChI is InChI=1S/C8H5Cl.C6H10/c1-2-7-4-3-5-8(9)6-7;1-2-6-4-3-5(1)6/h1,3-6H;5-6H,1-4H2. The molecule has 0 aliphatic heterocycles. The Hall–Kier alpha value is -0.930. The van der Waals surface area contributed by atoms with Crippen molar-refractivity contribution < 1.29 is 0 Å². The second-order valence-electron chi connectivity index (χ2n) is 4.33. The second kappa shape index (κ2) is 4.73. The molecule has 3 rings (SSSR count). The molecule has 2 aliphatic rings. The molecule has 1 heteroatoms. The van der Waals surface area contributed by atoms with Crippen molar-refractivity contribution in [3.63, 3.8) is 0 Å². The Labute approximate surface area is 96.6 Å². The van der Waals surface area contributed by atoms with Gasteiger partial charge in [0.1, 0.15) is 0 Å². The highest BCUT2D eigenvalue weighted by atomic mass is 35.5. The fourth-order valence-corrected chi connectivity index (χ4v) is 2.33. The van der Waals surface area contributed by atoms with Gasteiger partial charge in [0.15, 0.2) is 0 Å². The van der Waals surface area contributed by atoms with Crippen molar-refractivity contribution in [2.45, 2.75) is 25.7 Å². The number of hydrogen-bond acceptors (Lipinski definition) is 0. The van der Waals surface area contributed by atoms with Crippen LogP contribution in [0.1, 0.15) is 31.2 Å². The van der Waals surface area contributed by atoms with Gasteiger partial charge in [-0.25, -0.2) is 0 Å². The summed E-state index contributed by atoms with van der Waals surface area (Å²) in [5.74, 6) is 4.91. The van der Waals surface area contributed by atoms with E-state index in [1.54, 1.807) is 37.8 Å². The van der Waals surface area contributed by atoms with Gasteiger partial charge in [-0.3, -0.25) is 0 Å². The zero-order valence-corrected chi connectivity index (χ0v) is 9.50. The Kier molecular flexibility index (Phi) is 3.34. The van der Waals surface area contributed by atoms with E-state index in [4.69, 9.17) is 18.0 Å². The Morgan fingerprint density at radius 3 is 2.00 bits per heavy atom. The molecule has 0 saturated heterocycles. The Morgan fingerprint density at radius 2 is 1.73 bits per heavy atom. The van der Waals surface area contributed by atoms with E-state index in [1.807, 2.05) is 12.1 Å². The van der Waals surface area contributed by atoms with Crippen molar-refractivity contribution in [2.75, 3.05) is 0 Å². The molecule has 78 valence electrons. The fraction of sp³-hybridized carbons (Fsp3) is 0.429. The highest BCUT2D eigenvalue weighted by molar-refractivity contribution is 6.30. The van der Waals surface area contributed by atoms with Crippen LogP contribution in [0.5, 0.6) is 0 Å². The minimum absolute atomic E-state index is 0.686. The van der Waals surface area contributed by atoms with Gasteiger partial charge in [0.25, 0.3) is 0 Å². The lowest BCUT2D eigenvalue weighted by molar-refractivity contribution is 0.0548. The van der Waals surface area contributed by atoms with Crippen molar-refractivity contribution in [2.24, 2.45) is 11.8 Å². The quantitative estimate of drug-likeness (QED) is 0.575. The molecule has 15 heavy (non-hydrogen) atoms. The third kappa shape index (κ3) is 2.55. The summed E-state index contributed by atoms with van der Waals surface area (Å²) in [4.78, 5) is 0. The van der Waals surface area contributed by atoms with Gasteiger partial charge in [-0.15, -0.1) is 6.42 Å². The normalized spacial score (nSPS) is 25.9. The predicted molar refractivity (Wildman–Crippen MR) is 64.8 cm³/mol. The van der Waals surface area contributed by atoms with Gasteiger partial charge in [-0.1, -0.05) is 23.6 Å². The maximum atomic E-state index is 5.63. The van der Waals surface area contributed by atoms with E-state index in [0.717, 1.165) is 5.56 Å². The summed E-state index contributed by atoms with van der Waals surface area (Å²) in [6.45, 7) is 0. The number of hydrogen-bond donors (Lipinski definition) is 0. The smallest absolute Gasteiger partial charge is 0.0418 e. The average Bonchev–Trinajstić information content (AvgIpc) is 2.24. The molecule has 2 fully saturated rings. The third-order valence-corrected chi connectivity index (χ3v) is 3.71. The minimum Gasteiger partial charge on any atom is -0.115 e. The molecule has 0 atom stereocenters. The summed E-state index contributed by atoms with van der Waals surface area (Å²) in [7, 11) is 0. The van der Waals surface area contributed by atoms with Crippen molar-refractivity contribution >= 4 is 11.6 Å². The molecular formula is C14H15Cl. The van der Waals surface area contributed by atoms with Gasteiger partial charge in [0.05, 0.1) is 0 Å². The summed E-state index contributed by atoms with van der Waals surface area (Å²) < 4.78 is 0. The van der Waals surface area contributed by atoms with Gasteiger partial charge in [-0.05, 0) is 55.7 Å². The van der Waals surface area contributed by atoms with Crippen LogP contribution < -0.4 is 0 Å². The molecule has 0 heterocycles. The fourth-order valence-electron chi connectivity index (χ4n) is 2.14. The molecule has 0 N–H and O–H groups in total. The van der Waals surface area contributed by atoms with Crippen LogP contribution in [-0.4, -0.2) is 0 Å². The molecule has 0 bridgehead atoms. The van der Waals surface area contributed by atoms with Gasteiger partial charge >= 0.3 is 0 Å². The van der Waals surface area contributed by atoms with Gasteiger partial charge in [0.2, 0.25) is 0 Å². The first-order chi connectivity index (χ1) is 7.29. The first-order valence-corrected chi connectivity index (χ1v) is 5.89. The molecule has 1 aromatic carbocycles. The van der Waals surface area contributed by atoms with Crippen molar-refractivity contribution in [1.82, 2.24) is 0 Å². The molecule has 0 aromatic heterocycles. The summed E-state index contributed by atoms with van der Waals surface area (Å²) in [6.07, 6.45) is 11.4. The molecule has 0 unspecified atom stereocenters. The summed E-state index contributed by atoms with van der Waals surface area (Å²) in [6, 6.07) is 7.22. The summed E-state index contributed by atoms with van der Waals surface area (Å²) in [5, 5.41) is 0.686. The van der Waals surface area contributed by atoms with E-state index in [1.165, 1.54) is 11.8 Å². The maximum Gasteiger partial charge on any atom is 0.0418 e. The van der Waals surface area contributed by atoms with Gasteiger partial charge in [-0.2, -0.15) is 0 Å². The second-order valence-corrected chi connectivity index (χ2v) is 4.77. The third-order valence-electron chi connectivity index (χ3n) is 3.47. The summed E-state index contributed by atoms with van der Waals surface area (Å²) >= 11 is 5.63. The zero-order valence-electron chi connectivity index (χ0n) is 8.75. The van der Waals surface area contributed by atoms with Gasteiger partial charge in [0, 0.05) is 10.6 Å². The van der Waals surface area contributed by atoms with E-state index in [0.29, 0.717) is 5.02 Å². The van der Waals surface area contributed by atoms with E-state index in [2.05, 4.69) is 5.92 Å². The molecule has 0 amide bonds. The molecule has 2 aliphatic carbocycles. The van der Waals surface area contributed by atoms with Crippen molar-refractivity contribution in [3.05, 3.63) is 34.9 Å². The molecule has 0 spiro atoms. The average molecular weight is 219 g/mol. The molecular weight excluding hydrogens is 204 g/mol.